The van der Waals surface area contributed by atoms with Gasteiger partial charge in [0.25, 0.3) is 5.56 Å². The maximum Gasteiger partial charge on any atom is 0.338 e. The number of carbonyl (C=O) groups excluding carboxylic acids is 1. The van der Waals surface area contributed by atoms with E-state index in [1.165, 1.54) is 23.0 Å². The molecule has 1 atom stereocenters. The Labute approximate surface area is 283 Å². The molecule has 0 saturated heterocycles. The molecule has 12 heteroatoms. The van der Waals surface area contributed by atoms with Crippen LogP contribution < -0.4 is 33.8 Å². The van der Waals surface area contributed by atoms with E-state index in [-0.39, 0.29) is 17.7 Å². The fourth-order valence-electron chi connectivity index (χ4n) is 5.06. The van der Waals surface area contributed by atoms with Crippen molar-refractivity contribution in [2.45, 2.75) is 33.4 Å². The van der Waals surface area contributed by atoms with E-state index in [4.69, 9.17) is 35.3 Å². The predicted molar refractivity (Wildman–Crippen MR) is 181 cm³/mol. The van der Waals surface area contributed by atoms with E-state index in [1.807, 2.05) is 37.3 Å². The van der Waals surface area contributed by atoms with Crippen LogP contribution in [0.5, 0.6) is 23.0 Å². The largest absolute Gasteiger partial charge is 0.493 e. The number of aromatic nitrogens is 1. The lowest BCUT2D eigenvalue weighted by Crippen LogP contribution is -2.40. The van der Waals surface area contributed by atoms with Crippen LogP contribution in [-0.2, 0) is 16.1 Å². The summed E-state index contributed by atoms with van der Waals surface area (Å²) >= 11 is 10.9. The van der Waals surface area contributed by atoms with Gasteiger partial charge in [-0.2, -0.15) is 0 Å². The van der Waals surface area contributed by atoms with Gasteiger partial charge in [-0.3, -0.25) is 9.36 Å². The van der Waals surface area contributed by atoms with Crippen LogP contribution in [-0.4, -0.2) is 38.0 Å². The predicted octanol–water partition coefficient (Wildman–Crippen LogP) is 6.21. The average Bonchev–Trinajstić information content (AvgIpc) is 3.34. The molecule has 1 aliphatic rings. The highest BCUT2D eigenvalue weighted by Gasteiger charge is 2.35. The second-order valence-electron chi connectivity index (χ2n) is 10.1. The summed E-state index contributed by atoms with van der Waals surface area (Å²) in [5.41, 5.74) is 2.71. The Morgan fingerprint density at radius 2 is 1.70 bits per heavy atom. The number of rotatable bonds is 11. The van der Waals surface area contributed by atoms with Crippen LogP contribution >= 0.6 is 38.9 Å². The molecule has 3 aromatic carbocycles. The molecule has 0 saturated carbocycles. The molecule has 0 amide bonds. The standard InChI is InChI=1S/C34H32BrClN2O7S/c1-6-43-28-17-24(35)23(16-27(28)42-5)31-30(33(40)44-7-2)19(3)37-34-38(31)32(39)29(46-34)15-21-10-13-25(26(14-21)41-4)45-18-20-8-11-22(36)12-9-20/h8-17,31H,6-7,18H2,1-5H3/b29-15+/t31-/m0/s1. The summed E-state index contributed by atoms with van der Waals surface area (Å²) in [5.74, 6) is 1.51. The van der Waals surface area contributed by atoms with Gasteiger partial charge in [0.2, 0.25) is 0 Å². The van der Waals surface area contributed by atoms with E-state index in [2.05, 4.69) is 20.9 Å². The van der Waals surface area contributed by atoms with Gasteiger partial charge in [0, 0.05) is 9.50 Å². The Morgan fingerprint density at radius 1 is 0.978 bits per heavy atom. The lowest BCUT2D eigenvalue weighted by atomic mass is 9.95. The van der Waals surface area contributed by atoms with E-state index in [0.29, 0.717) is 66.3 Å². The number of ether oxygens (including phenoxy) is 5. The van der Waals surface area contributed by atoms with Crippen molar-refractivity contribution in [2.75, 3.05) is 27.4 Å². The fourth-order valence-corrected chi connectivity index (χ4v) is 6.77. The highest BCUT2D eigenvalue weighted by atomic mass is 79.9. The maximum atomic E-state index is 14.1. The summed E-state index contributed by atoms with van der Waals surface area (Å²) in [6.07, 6.45) is 1.77. The van der Waals surface area contributed by atoms with E-state index in [1.54, 1.807) is 51.3 Å². The summed E-state index contributed by atoms with van der Waals surface area (Å²) in [7, 11) is 3.10. The Balaban J connectivity index is 1.59. The summed E-state index contributed by atoms with van der Waals surface area (Å²) in [6.45, 7) is 6.29. The van der Waals surface area contributed by atoms with Gasteiger partial charge in [-0.1, -0.05) is 57.1 Å². The lowest BCUT2D eigenvalue weighted by molar-refractivity contribution is -0.139. The van der Waals surface area contributed by atoms with Crippen molar-refractivity contribution in [3.05, 3.63) is 112 Å². The molecule has 4 aromatic rings. The first-order valence-corrected chi connectivity index (χ1v) is 16.4. The number of methoxy groups -OCH3 is 2. The van der Waals surface area contributed by atoms with Gasteiger partial charge in [-0.25, -0.2) is 9.79 Å². The van der Waals surface area contributed by atoms with Crippen LogP contribution in [0.25, 0.3) is 6.08 Å². The van der Waals surface area contributed by atoms with Crippen molar-refractivity contribution in [1.82, 2.24) is 4.57 Å². The highest BCUT2D eigenvalue weighted by molar-refractivity contribution is 9.10. The quantitative estimate of drug-likeness (QED) is 0.170. The summed E-state index contributed by atoms with van der Waals surface area (Å²) in [6, 6.07) is 15.6. The zero-order chi connectivity index (χ0) is 33.0. The minimum Gasteiger partial charge on any atom is -0.493 e. The molecule has 1 aliphatic heterocycles. The molecule has 0 radical (unpaired) electrons. The third-order valence-corrected chi connectivity index (χ3v) is 9.11. The maximum absolute atomic E-state index is 14.1. The number of nitrogens with zero attached hydrogens (tertiary/aromatic N) is 2. The zero-order valence-electron chi connectivity index (χ0n) is 25.9. The summed E-state index contributed by atoms with van der Waals surface area (Å²) in [5, 5.41) is 0.654. The van der Waals surface area contributed by atoms with Crippen LogP contribution in [0.2, 0.25) is 5.02 Å². The molecule has 0 spiro atoms. The highest BCUT2D eigenvalue weighted by Crippen LogP contribution is 2.41. The molecule has 0 fully saturated rings. The molecule has 0 aliphatic carbocycles. The number of hydrogen-bond donors (Lipinski definition) is 0. The van der Waals surface area contributed by atoms with Crippen molar-refractivity contribution in [1.29, 1.82) is 0 Å². The van der Waals surface area contributed by atoms with Gasteiger partial charge in [0.05, 0.1) is 49.3 Å². The molecule has 46 heavy (non-hydrogen) atoms. The smallest absolute Gasteiger partial charge is 0.338 e. The molecule has 5 rings (SSSR count). The van der Waals surface area contributed by atoms with Gasteiger partial charge in [-0.05, 0) is 79.9 Å². The van der Waals surface area contributed by atoms with Crippen LogP contribution in [0, 0.1) is 0 Å². The molecule has 0 N–H and O–H groups in total. The fraction of sp³-hybridized carbons (Fsp3) is 0.265. The molecular weight excluding hydrogens is 696 g/mol. The normalized spacial score (nSPS) is 14.4. The van der Waals surface area contributed by atoms with E-state index in [0.717, 1.165) is 11.1 Å². The third-order valence-electron chi connectivity index (χ3n) is 7.19. The van der Waals surface area contributed by atoms with Gasteiger partial charge < -0.3 is 23.7 Å². The first kappa shape index (κ1) is 33.3. The number of esters is 1. The van der Waals surface area contributed by atoms with Crippen LogP contribution in [0.1, 0.15) is 43.5 Å². The lowest BCUT2D eigenvalue weighted by Gasteiger charge is -2.26. The zero-order valence-corrected chi connectivity index (χ0v) is 29.0. The molecule has 9 nitrogen and oxygen atoms in total. The monoisotopic (exact) mass is 726 g/mol. The Kier molecular flexibility index (Phi) is 10.6. The number of thiazole rings is 1. The Bertz CT molecular complexity index is 1990. The topological polar surface area (TPSA) is 97.6 Å². The Hall–Kier alpha value is -4.06. The molecular formula is C34H32BrClN2O7S. The van der Waals surface area contributed by atoms with E-state index >= 15 is 0 Å². The number of halogens is 2. The van der Waals surface area contributed by atoms with Crippen molar-refractivity contribution < 1.29 is 28.5 Å². The van der Waals surface area contributed by atoms with Crippen molar-refractivity contribution in [2.24, 2.45) is 4.99 Å². The number of allylic oxidation sites excluding steroid dienone is 1. The minimum absolute atomic E-state index is 0.168. The minimum atomic E-state index is -0.838. The van der Waals surface area contributed by atoms with Crippen LogP contribution in [0.3, 0.4) is 0 Å². The molecule has 2 heterocycles. The molecule has 0 bridgehead atoms. The average molecular weight is 728 g/mol. The van der Waals surface area contributed by atoms with E-state index < -0.39 is 12.0 Å². The summed E-state index contributed by atoms with van der Waals surface area (Å²) < 4.78 is 31.0. The molecule has 0 unspecified atom stereocenters. The van der Waals surface area contributed by atoms with Crippen LogP contribution in [0.15, 0.2) is 80.1 Å². The number of fused-ring (bicyclic) bond motifs is 1. The first-order valence-electron chi connectivity index (χ1n) is 14.4. The number of carbonyl (C=O) groups is 1. The van der Waals surface area contributed by atoms with Gasteiger partial charge in [0.15, 0.2) is 27.8 Å². The van der Waals surface area contributed by atoms with E-state index in [9.17, 15) is 9.59 Å². The Morgan fingerprint density at radius 3 is 2.37 bits per heavy atom. The van der Waals surface area contributed by atoms with Gasteiger partial charge in [0.1, 0.15) is 6.61 Å². The van der Waals surface area contributed by atoms with Crippen molar-refractivity contribution >= 4 is 50.9 Å². The van der Waals surface area contributed by atoms with Crippen molar-refractivity contribution in [3.63, 3.8) is 0 Å². The number of benzene rings is 3. The number of hydrogen-bond acceptors (Lipinski definition) is 9. The third kappa shape index (κ3) is 6.86. The summed E-state index contributed by atoms with van der Waals surface area (Å²) in [4.78, 5) is 32.6. The van der Waals surface area contributed by atoms with Gasteiger partial charge >= 0.3 is 5.97 Å². The van der Waals surface area contributed by atoms with Crippen LogP contribution in [0.4, 0.5) is 0 Å². The molecule has 240 valence electrons. The SMILES string of the molecule is CCOC(=O)C1=C(C)N=c2s/c(=C/c3ccc(OCc4ccc(Cl)cc4)c(OC)c3)c(=O)n2[C@H]1c1cc(OC)c(OCC)cc1Br. The molecule has 1 aromatic heterocycles. The first-order chi connectivity index (χ1) is 22.2. The second-order valence-corrected chi connectivity index (χ2v) is 12.4. The van der Waals surface area contributed by atoms with Crippen molar-refractivity contribution in [3.8, 4) is 23.0 Å². The van der Waals surface area contributed by atoms with Gasteiger partial charge in [-0.15, -0.1) is 0 Å². The second kappa shape index (κ2) is 14.6.